The Morgan fingerprint density at radius 3 is 2.30 bits per heavy atom. The molecule has 5 saturated carbocycles. The lowest BCUT2D eigenvalue weighted by molar-refractivity contribution is -0.204. The Bertz CT molecular complexity index is 1170. The van der Waals surface area contributed by atoms with E-state index in [9.17, 15) is 15.3 Å². The highest BCUT2D eigenvalue weighted by Crippen LogP contribution is 2.73. The highest BCUT2D eigenvalue weighted by Gasteiger charge is 2.67. The second-order valence-electron chi connectivity index (χ2n) is 17.1. The standard InChI is InChI=1S/C39H62N2O3/c1-26(24-40-22-23-42)29-12-19-39(25-43)20-13-31-30(35(29)39)10-11-33-37(31,4)17-14-32-36(2,3)34(15-18-38(32,33)5)41-21-16-27-6-8-28(44)9-7-27/h6-9,29-35,40-44H,1,10-25H2,2-5H3/t29-,30-,31+,32-,33-,34?,35+,37-,38-,39+/m0/s1. The minimum atomic E-state index is 0.0852. The Morgan fingerprint density at radius 1 is 0.841 bits per heavy atom. The van der Waals surface area contributed by atoms with E-state index in [0.29, 0.717) is 53.5 Å². The maximum Gasteiger partial charge on any atom is 0.115 e. The van der Waals surface area contributed by atoms with Crippen molar-refractivity contribution in [1.82, 2.24) is 10.6 Å². The summed E-state index contributed by atoms with van der Waals surface area (Å²) in [5.74, 6) is 4.37. The molecule has 5 aliphatic carbocycles. The number of nitrogens with one attached hydrogen (secondary N) is 2. The van der Waals surface area contributed by atoms with Gasteiger partial charge in [0.2, 0.25) is 0 Å². The van der Waals surface area contributed by atoms with Crippen molar-refractivity contribution in [3.8, 4) is 5.75 Å². The molecule has 0 aliphatic heterocycles. The number of aromatic hydroxyl groups is 1. The second-order valence-corrected chi connectivity index (χ2v) is 17.1. The summed E-state index contributed by atoms with van der Waals surface area (Å²) in [6.07, 6.45) is 13.7. The summed E-state index contributed by atoms with van der Waals surface area (Å²) in [6.45, 7) is 18.0. The van der Waals surface area contributed by atoms with Gasteiger partial charge in [-0.05, 0) is 152 Å². The average Bonchev–Trinajstić information content (AvgIpc) is 3.40. The molecule has 0 radical (unpaired) electrons. The summed E-state index contributed by atoms with van der Waals surface area (Å²) in [5.41, 5.74) is 3.70. The monoisotopic (exact) mass is 606 g/mol. The largest absolute Gasteiger partial charge is 0.508 e. The number of benzene rings is 1. The normalized spacial score (nSPS) is 42.5. The summed E-state index contributed by atoms with van der Waals surface area (Å²) in [5, 5.41) is 37.2. The number of phenolic OH excluding ortho intramolecular Hbond substituents is 1. The number of hydrogen-bond donors (Lipinski definition) is 5. The van der Waals surface area contributed by atoms with Gasteiger partial charge in [0.1, 0.15) is 5.75 Å². The first-order chi connectivity index (χ1) is 21.0. The number of aliphatic hydroxyl groups excluding tert-OH is 2. The third-order valence-corrected chi connectivity index (χ3v) is 15.0. The van der Waals surface area contributed by atoms with Crippen molar-refractivity contribution < 1.29 is 15.3 Å². The lowest BCUT2D eigenvalue weighted by Gasteiger charge is -2.69. The summed E-state index contributed by atoms with van der Waals surface area (Å²) >= 11 is 0. The molecule has 0 aromatic heterocycles. The summed E-state index contributed by atoms with van der Waals surface area (Å²) in [4.78, 5) is 0. The summed E-state index contributed by atoms with van der Waals surface area (Å²) < 4.78 is 0. The van der Waals surface area contributed by atoms with Gasteiger partial charge in [0.15, 0.2) is 0 Å². The second kappa shape index (κ2) is 12.3. The van der Waals surface area contributed by atoms with Crippen molar-refractivity contribution in [3.05, 3.63) is 42.0 Å². The molecule has 5 N–H and O–H groups in total. The first-order valence-corrected chi connectivity index (χ1v) is 18.1. The van der Waals surface area contributed by atoms with Gasteiger partial charge in [0, 0.05) is 25.7 Å². The molecular weight excluding hydrogens is 544 g/mol. The molecule has 246 valence electrons. The van der Waals surface area contributed by atoms with Crippen LogP contribution >= 0.6 is 0 Å². The van der Waals surface area contributed by atoms with E-state index in [2.05, 4.69) is 44.9 Å². The van der Waals surface area contributed by atoms with E-state index in [1.165, 1.54) is 68.9 Å². The number of hydrogen-bond acceptors (Lipinski definition) is 5. The Hall–Kier alpha value is -1.40. The van der Waals surface area contributed by atoms with Gasteiger partial charge in [-0.15, -0.1) is 0 Å². The van der Waals surface area contributed by atoms with Gasteiger partial charge in [0.25, 0.3) is 0 Å². The molecule has 0 heterocycles. The van der Waals surface area contributed by atoms with Crippen LogP contribution in [0.5, 0.6) is 5.75 Å². The molecule has 5 aliphatic rings. The van der Waals surface area contributed by atoms with Gasteiger partial charge < -0.3 is 26.0 Å². The zero-order valence-corrected chi connectivity index (χ0v) is 28.2. The lowest BCUT2D eigenvalue weighted by Crippen LogP contribution is -2.65. The Balaban J connectivity index is 1.18. The molecule has 1 aromatic rings. The Kier molecular flexibility index (Phi) is 9.11. The summed E-state index contributed by atoms with van der Waals surface area (Å²) in [6, 6.07) is 8.24. The topological polar surface area (TPSA) is 84.8 Å². The van der Waals surface area contributed by atoms with E-state index >= 15 is 0 Å². The van der Waals surface area contributed by atoms with Gasteiger partial charge in [-0.3, -0.25) is 0 Å². The predicted molar refractivity (Wildman–Crippen MR) is 179 cm³/mol. The zero-order chi connectivity index (χ0) is 31.3. The van der Waals surface area contributed by atoms with Gasteiger partial charge in [0.05, 0.1) is 6.61 Å². The predicted octanol–water partition coefficient (Wildman–Crippen LogP) is 6.71. The molecule has 0 spiro atoms. The highest BCUT2D eigenvalue weighted by molar-refractivity contribution is 5.26. The fourth-order valence-corrected chi connectivity index (χ4v) is 13.0. The molecule has 44 heavy (non-hydrogen) atoms. The SMILES string of the molecule is C=C(CNCCO)[C@@H]1CC[C@]2(CO)CC[C@@H]3[C@H](CC[C@H]4[C@@]3(C)CC[C@H]3C(C)(C)C(NCCc5ccc(O)cc5)CC[C@]43C)[C@@H]12. The van der Waals surface area contributed by atoms with Gasteiger partial charge >= 0.3 is 0 Å². The van der Waals surface area contributed by atoms with E-state index in [0.717, 1.165) is 43.7 Å². The van der Waals surface area contributed by atoms with Gasteiger partial charge in [-0.1, -0.05) is 52.0 Å². The number of fused-ring (bicyclic) bond motifs is 7. The van der Waals surface area contributed by atoms with Crippen LogP contribution < -0.4 is 10.6 Å². The molecule has 10 atom stereocenters. The van der Waals surface area contributed by atoms with E-state index < -0.39 is 0 Å². The molecular formula is C39H62N2O3. The van der Waals surface area contributed by atoms with Crippen LogP contribution in [0.4, 0.5) is 0 Å². The van der Waals surface area contributed by atoms with Crippen molar-refractivity contribution in [1.29, 1.82) is 0 Å². The molecule has 5 nitrogen and oxygen atoms in total. The van der Waals surface area contributed by atoms with Crippen molar-refractivity contribution >= 4 is 0 Å². The maximum atomic E-state index is 10.9. The Labute approximate surface area is 267 Å². The minimum absolute atomic E-state index is 0.0852. The molecule has 1 aromatic carbocycles. The van der Waals surface area contributed by atoms with Gasteiger partial charge in [-0.2, -0.15) is 0 Å². The maximum absolute atomic E-state index is 10.9. The quantitative estimate of drug-likeness (QED) is 0.151. The molecule has 6 rings (SSSR count). The third-order valence-electron chi connectivity index (χ3n) is 15.0. The van der Waals surface area contributed by atoms with Crippen LogP contribution in [0.25, 0.3) is 0 Å². The molecule has 0 amide bonds. The smallest absolute Gasteiger partial charge is 0.115 e. The van der Waals surface area contributed by atoms with E-state index in [-0.39, 0.29) is 17.4 Å². The van der Waals surface area contributed by atoms with Crippen molar-refractivity contribution in [2.24, 2.45) is 57.2 Å². The lowest BCUT2D eigenvalue weighted by atomic mass is 9.36. The Morgan fingerprint density at radius 2 is 1.57 bits per heavy atom. The van der Waals surface area contributed by atoms with Crippen LogP contribution in [0.15, 0.2) is 36.4 Å². The molecule has 0 saturated heterocycles. The fourth-order valence-electron chi connectivity index (χ4n) is 13.0. The van der Waals surface area contributed by atoms with Crippen LogP contribution in [-0.4, -0.2) is 54.2 Å². The van der Waals surface area contributed by atoms with Gasteiger partial charge in [-0.25, -0.2) is 0 Å². The fraction of sp³-hybridized carbons (Fsp3) is 0.795. The van der Waals surface area contributed by atoms with Crippen molar-refractivity contribution in [3.63, 3.8) is 0 Å². The first-order valence-electron chi connectivity index (χ1n) is 18.1. The average molecular weight is 607 g/mol. The number of aliphatic hydroxyl groups is 2. The molecule has 1 unspecified atom stereocenters. The third kappa shape index (κ3) is 5.30. The van der Waals surface area contributed by atoms with E-state index in [1.807, 2.05) is 12.1 Å². The van der Waals surface area contributed by atoms with Crippen LogP contribution in [-0.2, 0) is 6.42 Å². The van der Waals surface area contributed by atoms with E-state index in [1.54, 1.807) is 12.1 Å². The summed E-state index contributed by atoms with van der Waals surface area (Å²) in [7, 11) is 0. The van der Waals surface area contributed by atoms with Crippen molar-refractivity contribution in [2.75, 3.05) is 32.8 Å². The molecule has 5 fully saturated rings. The minimum Gasteiger partial charge on any atom is -0.508 e. The van der Waals surface area contributed by atoms with Crippen LogP contribution in [0, 0.1) is 57.2 Å². The van der Waals surface area contributed by atoms with Crippen LogP contribution in [0.2, 0.25) is 0 Å². The number of phenols is 1. The highest BCUT2D eigenvalue weighted by atomic mass is 16.3. The number of rotatable bonds is 10. The van der Waals surface area contributed by atoms with Crippen LogP contribution in [0.3, 0.4) is 0 Å². The van der Waals surface area contributed by atoms with Crippen LogP contribution in [0.1, 0.15) is 97.5 Å². The first kappa shape index (κ1) is 32.5. The zero-order valence-electron chi connectivity index (χ0n) is 28.2. The van der Waals surface area contributed by atoms with Crippen molar-refractivity contribution in [2.45, 2.75) is 104 Å². The molecule has 0 bridgehead atoms. The molecule has 5 heteroatoms. The van der Waals surface area contributed by atoms with E-state index in [4.69, 9.17) is 0 Å².